The van der Waals surface area contributed by atoms with Crippen molar-refractivity contribution >= 4 is 52.0 Å². The van der Waals surface area contributed by atoms with Crippen LogP contribution in [0.15, 0.2) is 70.6 Å². The molecule has 1 aliphatic heterocycles. The number of nitrogens with zero attached hydrogens (tertiary/aromatic N) is 3. The van der Waals surface area contributed by atoms with Gasteiger partial charge in [-0.3, -0.25) is 9.69 Å². The van der Waals surface area contributed by atoms with Gasteiger partial charge in [0.25, 0.3) is 5.91 Å². The van der Waals surface area contributed by atoms with Crippen LogP contribution in [-0.4, -0.2) is 37.2 Å². The van der Waals surface area contributed by atoms with E-state index in [1.807, 2.05) is 59.0 Å². The van der Waals surface area contributed by atoms with Crippen molar-refractivity contribution in [3.63, 3.8) is 0 Å². The van der Waals surface area contributed by atoms with Gasteiger partial charge in [0.05, 0.1) is 16.3 Å². The van der Waals surface area contributed by atoms with Gasteiger partial charge in [-0.15, -0.1) is 11.8 Å². The van der Waals surface area contributed by atoms with Crippen molar-refractivity contribution in [2.45, 2.75) is 57.3 Å². The third-order valence-electron chi connectivity index (χ3n) is 6.05. The number of carbonyl (C=O) groups excluding carboxylic acids is 1. The van der Waals surface area contributed by atoms with Crippen LogP contribution in [0.1, 0.15) is 57.9 Å². The van der Waals surface area contributed by atoms with E-state index in [1.165, 1.54) is 42.3 Å². The highest BCUT2D eigenvalue weighted by atomic mass is 32.2. The van der Waals surface area contributed by atoms with Gasteiger partial charge < -0.3 is 0 Å². The molecule has 0 aliphatic carbocycles. The average Bonchev–Trinajstić information content (AvgIpc) is 3.44. The molecular weight excluding hydrogens is 503 g/mol. The summed E-state index contributed by atoms with van der Waals surface area (Å²) in [7, 11) is 0. The Kier molecular flexibility index (Phi) is 9.84. The number of aromatic nitrogens is 2. The third kappa shape index (κ3) is 6.69. The van der Waals surface area contributed by atoms with Crippen LogP contribution in [0.3, 0.4) is 0 Å². The normalized spacial score (nSPS) is 14.8. The number of thioether (sulfide) groups is 2. The molecule has 1 aliphatic rings. The van der Waals surface area contributed by atoms with Crippen molar-refractivity contribution in [2.24, 2.45) is 0 Å². The predicted octanol–water partition coefficient (Wildman–Crippen LogP) is 8.21. The molecule has 0 atom stereocenters. The number of unbranched alkanes of at least 4 members (excludes halogenated alkanes) is 4. The van der Waals surface area contributed by atoms with Crippen molar-refractivity contribution < 1.29 is 4.79 Å². The van der Waals surface area contributed by atoms with E-state index >= 15 is 0 Å². The van der Waals surface area contributed by atoms with E-state index in [2.05, 4.69) is 38.1 Å². The quantitative estimate of drug-likeness (QED) is 0.101. The summed E-state index contributed by atoms with van der Waals surface area (Å²) in [5, 5.41) is 4.93. The zero-order valence-corrected chi connectivity index (χ0v) is 23.4. The van der Waals surface area contributed by atoms with Gasteiger partial charge in [0.2, 0.25) is 0 Å². The van der Waals surface area contributed by atoms with Gasteiger partial charge in [0, 0.05) is 28.8 Å². The van der Waals surface area contributed by atoms with Crippen molar-refractivity contribution in [3.8, 4) is 16.9 Å². The molecule has 1 amide bonds. The van der Waals surface area contributed by atoms with Crippen molar-refractivity contribution in [2.75, 3.05) is 12.3 Å². The molecule has 0 saturated carbocycles. The van der Waals surface area contributed by atoms with Crippen molar-refractivity contribution in [3.05, 3.63) is 71.3 Å². The number of carbonyl (C=O) groups is 1. The second-order valence-corrected chi connectivity index (χ2v) is 11.7. The molecule has 1 aromatic heterocycles. The summed E-state index contributed by atoms with van der Waals surface area (Å²) in [6.45, 7) is 5.10. The molecule has 2 aromatic carbocycles. The maximum absolute atomic E-state index is 13.2. The number of para-hydroxylation sites is 1. The van der Waals surface area contributed by atoms with Gasteiger partial charge in [0.15, 0.2) is 0 Å². The second kappa shape index (κ2) is 13.3. The van der Waals surface area contributed by atoms with Crippen LogP contribution in [0.4, 0.5) is 0 Å². The Labute approximate surface area is 228 Å². The van der Waals surface area contributed by atoms with Crippen LogP contribution in [0.5, 0.6) is 0 Å². The number of hydrogen-bond acceptors (Lipinski definition) is 5. The predicted molar refractivity (Wildman–Crippen MR) is 159 cm³/mol. The molecule has 188 valence electrons. The molecule has 1 fully saturated rings. The molecule has 0 unspecified atom stereocenters. The summed E-state index contributed by atoms with van der Waals surface area (Å²) in [4.78, 5) is 16.9. The number of rotatable bonds is 12. The van der Waals surface area contributed by atoms with Gasteiger partial charge in [-0.25, -0.2) is 4.68 Å². The van der Waals surface area contributed by atoms with Crippen molar-refractivity contribution in [1.82, 2.24) is 14.7 Å². The minimum Gasteiger partial charge on any atom is -0.293 e. The smallest absolute Gasteiger partial charge is 0.266 e. The molecule has 7 heteroatoms. The molecule has 1 saturated heterocycles. The third-order valence-corrected chi connectivity index (χ3v) is 8.53. The SMILES string of the molecule is CCCCCCN1C(=O)C(=Cc2cn(-c3ccccc3)nc2-c2ccc(SCCCC)cc2)SC1=S. The number of thiocarbonyl (C=S) groups is 1. The topological polar surface area (TPSA) is 38.1 Å². The number of hydrogen-bond donors (Lipinski definition) is 0. The fourth-order valence-electron chi connectivity index (χ4n) is 4.00. The fourth-order valence-corrected chi connectivity index (χ4v) is 6.30. The van der Waals surface area contributed by atoms with E-state index in [0.717, 1.165) is 41.1 Å². The Morgan fingerprint density at radius 2 is 1.72 bits per heavy atom. The molecule has 0 spiro atoms. The average molecular weight is 536 g/mol. The van der Waals surface area contributed by atoms with Gasteiger partial charge in [0.1, 0.15) is 4.32 Å². The lowest BCUT2D eigenvalue weighted by molar-refractivity contribution is -0.122. The van der Waals surface area contributed by atoms with Gasteiger partial charge >= 0.3 is 0 Å². The van der Waals surface area contributed by atoms with Crippen LogP contribution < -0.4 is 0 Å². The zero-order chi connectivity index (χ0) is 25.3. The first-order valence-corrected chi connectivity index (χ1v) is 15.0. The Balaban J connectivity index is 1.62. The lowest BCUT2D eigenvalue weighted by atomic mass is 10.1. The van der Waals surface area contributed by atoms with Crippen LogP contribution >= 0.6 is 35.7 Å². The Hall–Kier alpha value is -2.35. The second-order valence-electron chi connectivity index (χ2n) is 8.83. The molecular formula is C29H33N3OS3. The summed E-state index contributed by atoms with van der Waals surface area (Å²) in [5.74, 6) is 1.13. The molecule has 2 heterocycles. The highest BCUT2D eigenvalue weighted by molar-refractivity contribution is 8.26. The number of amides is 1. The zero-order valence-electron chi connectivity index (χ0n) is 21.0. The lowest BCUT2D eigenvalue weighted by Gasteiger charge is -2.13. The van der Waals surface area contributed by atoms with Crippen molar-refractivity contribution in [1.29, 1.82) is 0 Å². The standard InChI is InChI=1S/C29H33N3OS3/c1-3-5-7-11-18-31-28(33)26(36-29(31)34)20-23-21-32(24-12-9-8-10-13-24)30-27(23)22-14-16-25(17-15-22)35-19-6-4-2/h8-10,12-17,20-21H,3-7,11,18-19H2,1-2H3. The first-order chi connectivity index (χ1) is 17.6. The van der Waals surface area contributed by atoms with Gasteiger partial charge in [-0.05, 0) is 48.9 Å². The minimum absolute atomic E-state index is 0.00239. The van der Waals surface area contributed by atoms with E-state index in [0.29, 0.717) is 15.8 Å². The molecule has 36 heavy (non-hydrogen) atoms. The van der Waals surface area contributed by atoms with Crippen LogP contribution in [0.25, 0.3) is 23.0 Å². The maximum atomic E-state index is 13.2. The maximum Gasteiger partial charge on any atom is 0.266 e. The first-order valence-electron chi connectivity index (χ1n) is 12.7. The van der Waals surface area contributed by atoms with E-state index in [9.17, 15) is 4.79 Å². The first kappa shape index (κ1) is 26.7. The molecule has 3 aromatic rings. The van der Waals surface area contributed by atoms with E-state index < -0.39 is 0 Å². The highest BCUT2D eigenvalue weighted by Crippen LogP contribution is 2.35. The summed E-state index contributed by atoms with van der Waals surface area (Å²) < 4.78 is 2.53. The Morgan fingerprint density at radius 3 is 2.44 bits per heavy atom. The lowest BCUT2D eigenvalue weighted by Crippen LogP contribution is -2.29. The van der Waals surface area contributed by atoms with E-state index in [-0.39, 0.29) is 5.91 Å². The van der Waals surface area contributed by atoms with E-state index in [1.54, 1.807) is 4.90 Å². The molecule has 0 radical (unpaired) electrons. The Morgan fingerprint density at radius 1 is 0.972 bits per heavy atom. The number of benzene rings is 2. The van der Waals surface area contributed by atoms with Crippen LogP contribution in [-0.2, 0) is 4.79 Å². The summed E-state index contributed by atoms with van der Waals surface area (Å²) in [5.41, 5.74) is 3.79. The molecule has 4 nitrogen and oxygen atoms in total. The Bertz CT molecular complexity index is 1200. The summed E-state index contributed by atoms with van der Waals surface area (Å²) in [6.07, 6.45) is 10.8. The summed E-state index contributed by atoms with van der Waals surface area (Å²) in [6, 6.07) is 18.6. The van der Waals surface area contributed by atoms with Crippen LogP contribution in [0.2, 0.25) is 0 Å². The fraction of sp³-hybridized carbons (Fsp3) is 0.345. The van der Waals surface area contributed by atoms with Gasteiger partial charge in [-0.2, -0.15) is 5.10 Å². The molecule has 4 rings (SSSR count). The molecule has 0 bridgehead atoms. The largest absolute Gasteiger partial charge is 0.293 e. The minimum atomic E-state index is 0.00239. The highest BCUT2D eigenvalue weighted by Gasteiger charge is 2.32. The van der Waals surface area contributed by atoms with E-state index in [4.69, 9.17) is 17.3 Å². The van der Waals surface area contributed by atoms with Gasteiger partial charge in [-0.1, -0.05) is 93.8 Å². The molecule has 0 N–H and O–H groups in total. The van der Waals surface area contributed by atoms with Crippen LogP contribution in [0, 0.1) is 0 Å². The summed E-state index contributed by atoms with van der Waals surface area (Å²) >= 11 is 8.84. The monoisotopic (exact) mass is 535 g/mol.